The fraction of sp³-hybridized carbons (Fsp3) is 0.353. The topological polar surface area (TPSA) is 64.1 Å². The van der Waals surface area contributed by atoms with Crippen LogP contribution in [0.4, 0.5) is 0 Å². The molecule has 1 atom stereocenters. The summed E-state index contributed by atoms with van der Waals surface area (Å²) in [5.74, 6) is -0.316. The lowest BCUT2D eigenvalue weighted by molar-refractivity contribution is 0.0526. The van der Waals surface area contributed by atoms with Gasteiger partial charge in [0, 0.05) is 5.56 Å². The molecule has 2 aromatic rings. The predicted octanol–water partition coefficient (Wildman–Crippen LogP) is 2.74. The average molecular weight is 297 g/mol. The first-order valence-electron chi connectivity index (χ1n) is 7.61. The number of ether oxygens (including phenoxy) is 1. The van der Waals surface area contributed by atoms with E-state index in [1.807, 2.05) is 18.3 Å². The van der Waals surface area contributed by atoms with Gasteiger partial charge in [0.05, 0.1) is 42.0 Å². The number of nitrogens with one attached hydrogen (secondary N) is 1. The standard InChI is InChI=1S/C17H19N3O2/c1-2-22-17(21)13-6-3-5-12(9-13)15-10-20-16(11-19-15)14-7-4-8-18-14/h3,5-6,9-11,14,18H,2,4,7-8H2,1H3. The second-order valence-corrected chi connectivity index (χ2v) is 5.28. The summed E-state index contributed by atoms with van der Waals surface area (Å²) < 4.78 is 5.02. The third-order valence-electron chi connectivity index (χ3n) is 3.76. The van der Waals surface area contributed by atoms with Crippen LogP contribution in [-0.2, 0) is 4.74 Å². The highest BCUT2D eigenvalue weighted by molar-refractivity contribution is 5.90. The van der Waals surface area contributed by atoms with Crippen LogP contribution < -0.4 is 5.32 Å². The third-order valence-corrected chi connectivity index (χ3v) is 3.76. The van der Waals surface area contributed by atoms with E-state index in [9.17, 15) is 4.79 Å². The molecule has 1 N–H and O–H groups in total. The van der Waals surface area contributed by atoms with Gasteiger partial charge in [-0.2, -0.15) is 0 Å². The van der Waals surface area contributed by atoms with Crippen LogP contribution >= 0.6 is 0 Å². The summed E-state index contributed by atoms with van der Waals surface area (Å²) in [6.45, 7) is 3.20. The normalized spacial score (nSPS) is 17.4. The largest absolute Gasteiger partial charge is 0.462 e. The Kier molecular flexibility index (Phi) is 4.44. The highest BCUT2D eigenvalue weighted by Gasteiger charge is 2.17. The quantitative estimate of drug-likeness (QED) is 0.879. The van der Waals surface area contributed by atoms with Crippen molar-refractivity contribution < 1.29 is 9.53 Å². The van der Waals surface area contributed by atoms with Crippen LogP contribution in [-0.4, -0.2) is 29.1 Å². The molecule has 5 nitrogen and oxygen atoms in total. The first-order chi connectivity index (χ1) is 10.8. The van der Waals surface area contributed by atoms with Crippen molar-refractivity contribution in [2.75, 3.05) is 13.2 Å². The Balaban J connectivity index is 1.81. The van der Waals surface area contributed by atoms with Crippen molar-refractivity contribution in [3.63, 3.8) is 0 Å². The molecule has 1 aromatic heterocycles. The lowest BCUT2D eigenvalue weighted by Gasteiger charge is -2.09. The Labute approximate surface area is 129 Å². The van der Waals surface area contributed by atoms with E-state index in [-0.39, 0.29) is 5.97 Å². The minimum Gasteiger partial charge on any atom is -0.462 e. The summed E-state index contributed by atoms with van der Waals surface area (Å²) in [6, 6.07) is 7.59. The highest BCUT2D eigenvalue weighted by Crippen LogP contribution is 2.23. The summed E-state index contributed by atoms with van der Waals surface area (Å²) >= 11 is 0. The predicted molar refractivity (Wildman–Crippen MR) is 83.4 cm³/mol. The van der Waals surface area contributed by atoms with Crippen LogP contribution in [0.1, 0.15) is 41.9 Å². The molecule has 1 aromatic carbocycles. The van der Waals surface area contributed by atoms with E-state index in [1.165, 1.54) is 6.42 Å². The molecule has 22 heavy (non-hydrogen) atoms. The third kappa shape index (κ3) is 3.14. The maximum Gasteiger partial charge on any atom is 0.338 e. The Hall–Kier alpha value is -2.27. The summed E-state index contributed by atoms with van der Waals surface area (Å²) in [7, 11) is 0. The van der Waals surface area contributed by atoms with Crippen LogP contribution in [0.25, 0.3) is 11.3 Å². The molecule has 2 heterocycles. The maximum atomic E-state index is 11.8. The van der Waals surface area contributed by atoms with Gasteiger partial charge in [0.25, 0.3) is 0 Å². The molecule has 3 rings (SSSR count). The van der Waals surface area contributed by atoms with Crippen molar-refractivity contribution in [2.45, 2.75) is 25.8 Å². The Bertz CT molecular complexity index is 649. The minimum atomic E-state index is -0.316. The van der Waals surface area contributed by atoms with Gasteiger partial charge in [0.1, 0.15) is 0 Å². The monoisotopic (exact) mass is 297 g/mol. The number of nitrogens with zero attached hydrogens (tertiary/aromatic N) is 2. The maximum absolute atomic E-state index is 11.8. The number of benzene rings is 1. The number of carbonyl (C=O) groups is 1. The van der Waals surface area contributed by atoms with Crippen molar-refractivity contribution in [1.82, 2.24) is 15.3 Å². The van der Waals surface area contributed by atoms with Crippen LogP contribution in [0.15, 0.2) is 36.7 Å². The first kappa shape index (κ1) is 14.7. The fourth-order valence-corrected chi connectivity index (χ4v) is 2.62. The van der Waals surface area contributed by atoms with Gasteiger partial charge >= 0.3 is 5.97 Å². The number of aromatic nitrogens is 2. The first-order valence-corrected chi connectivity index (χ1v) is 7.61. The smallest absolute Gasteiger partial charge is 0.338 e. The van der Waals surface area contributed by atoms with Gasteiger partial charge in [0.2, 0.25) is 0 Å². The van der Waals surface area contributed by atoms with E-state index in [0.717, 1.165) is 29.9 Å². The fourth-order valence-electron chi connectivity index (χ4n) is 2.62. The van der Waals surface area contributed by atoms with E-state index in [2.05, 4.69) is 15.3 Å². The molecule has 114 valence electrons. The van der Waals surface area contributed by atoms with E-state index >= 15 is 0 Å². The van der Waals surface area contributed by atoms with E-state index in [1.54, 1.807) is 25.3 Å². The number of hydrogen-bond acceptors (Lipinski definition) is 5. The summed E-state index contributed by atoms with van der Waals surface area (Å²) in [5, 5.41) is 3.41. The molecule has 5 heteroatoms. The molecule has 0 bridgehead atoms. The van der Waals surface area contributed by atoms with Gasteiger partial charge in [-0.3, -0.25) is 9.97 Å². The van der Waals surface area contributed by atoms with E-state index < -0.39 is 0 Å². The van der Waals surface area contributed by atoms with Crippen molar-refractivity contribution in [1.29, 1.82) is 0 Å². The zero-order valence-corrected chi connectivity index (χ0v) is 12.6. The Morgan fingerprint density at radius 3 is 2.95 bits per heavy atom. The lowest BCUT2D eigenvalue weighted by Crippen LogP contribution is -2.14. The molecular weight excluding hydrogens is 278 g/mol. The molecule has 0 saturated carbocycles. The minimum absolute atomic E-state index is 0.312. The Morgan fingerprint density at radius 1 is 1.36 bits per heavy atom. The second-order valence-electron chi connectivity index (χ2n) is 5.28. The van der Waals surface area contributed by atoms with Crippen LogP contribution in [0.2, 0.25) is 0 Å². The molecule has 0 radical (unpaired) electrons. The van der Waals surface area contributed by atoms with Crippen molar-refractivity contribution in [3.8, 4) is 11.3 Å². The van der Waals surface area contributed by atoms with Crippen LogP contribution in [0.3, 0.4) is 0 Å². The molecule has 1 fully saturated rings. The molecule has 1 aliphatic rings. The highest BCUT2D eigenvalue weighted by atomic mass is 16.5. The number of rotatable bonds is 4. The molecule has 1 saturated heterocycles. The van der Waals surface area contributed by atoms with Gasteiger partial charge in [-0.1, -0.05) is 12.1 Å². The van der Waals surface area contributed by atoms with Gasteiger partial charge in [-0.25, -0.2) is 4.79 Å². The van der Waals surface area contributed by atoms with Crippen molar-refractivity contribution >= 4 is 5.97 Å². The van der Waals surface area contributed by atoms with Crippen LogP contribution in [0, 0.1) is 0 Å². The molecule has 1 aliphatic heterocycles. The molecule has 0 spiro atoms. The number of carbonyl (C=O) groups excluding carboxylic acids is 1. The zero-order valence-electron chi connectivity index (χ0n) is 12.6. The summed E-state index contributed by atoms with van der Waals surface area (Å²) in [6.07, 6.45) is 5.86. The molecule has 0 amide bonds. The molecule has 1 unspecified atom stereocenters. The van der Waals surface area contributed by atoms with Crippen molar-refractivity contribution in [2.24, 2.45) is 0 Å². The van der Waals surface area contributed by atoms with Gasteiger partial charge in [0.15, 0.2) is 0 Å². The van der Waals surface area contributed by atoms with E-state index in [4.69, 9.17) is 4.74 Å². The van der Waals surface area contributed by atoms with Gasteiger partial charge in [-0.05, 0) is 38.4 Å². The number of esters is 1. The number of hydrogen-bond donors (Lipinski definition) is 1. The Morgan fingerprint density at radius 2 is 2.27 bits per heavy atom. The summed E-state index contributed by atoms with van der Waals surface area (Å²) in [4.78, 5) is 20.8. The van der Waals surface area contributed by atoms with Crippen molar-refractivity contribution in [3.05, 3.63) is 47.9 Å². The van der Waals surface area contributed by atoms with Gasteiger partial charge in [-0.15, -0.1) is 0 Å². The van der Waals surface area contributed by atoms with E-state index in [0.29, 0.717) is 18.2 Å². The SMILES string of the molecule is CCOC(=O)c1cccc(-c2cnc(C3CCCN3)cn2)c1. The molecule has 0 aliphatic carbocycles. The molecular formula is C17H19N3O2. The second kappa shape index (κ2) is 6.66. The average Bonchev–Trinajstić information content (AvgIpc) is 3.10. The van der Waals surface area contributed by atoms with Crippen LogP contribution in [0.5, 0.6) is 0 Å². The van der Waals surface area contributed by atoms with Gasteiger partial charge < -0.3 is 10.1 Å². The zero-order chi connectivity index (χ0) is 15.4. The summed E-state index contributed by atoms with van der Waals surface area (Å²) in [5.41, 5.74) is 3.13. The lowest BCUT2D eigenvalue weighted by atomic mass is 10.1.